The lowest BCUT2D eigenvalue weighted by Crippen LogP contribution is -2.27. The lowest BCUT2D eigenvalue weighted by molar-refractivity contribution is -0.123. The van der Waals surface area contributed by atoms with Gasteiger partial charge in [0.25, 0.3) is 5.91 Å². The minimum atomic E-state index is -0.371. The van der Waals surface area contributed by atoms with Crippen LogP contribution in [0.25, 0.3) is 0 Å². The molecular formula is C17H19N3O2S. The fraction of sp³-hybridized carbons (Fsp3) is 0.353. The third kappa shape index (κ3) is 2.99. The molecule has 120 valence electrons. The maximum Gasteiger partial charge on any atom is 0.253 e. The second-order valence-electron chi connectivity index (χ2n) is 5.87. The summed E-state index contributed by atoms with van der Waals surface area (Å²) in [7, 11) is 1.85. The largest absolute Gasteiger partial charge is 0.327 e. The molecule has 1 aromatic carbocycles. The quantitative estimate of drug-likeness (QED) is 0.848. The normalized spacial score (nSPS) is 18.7. The van der Waals surface area contributed by atoms with E-state index in [0.717, 1.165) is 16.8 Å². The van der Waals surface area contributed by atoms with E-state index in [9.17, 15) is 9.59 Å². The van der Waals surface area contributed by atoms with Crippen molar-refractivity contribution in [2.45, 2.75) is 20.3 Å². The molecule has 1 aliphatic heterocycles. The highest BCUT2D eigenvalue weighted by atomic mass is 32.1. The number of aryl methyl sites for hydroxylation is 2. The molecule has 3 rings (SSSR count). The van der Waals surface area contributed by atoms with Crippen LogP contribution in [0.3, 0.4) is 0 Å². The molecule has 5 nitrogen and oxygen atoms in total. The Hall–Kier alpha value is -2.21. The number of amides is 2. The molecule has 1 atom stereocenters. The van der Waals surface area contributed by atoms with Gasteiger partial charge in [0.1, 0.15) is 0 Å². The number of carbonyl (C=O) groups excluding carboxylic acids is 2. The zero-order valence-corrected chi connectivity index (χ0v) is 14.3. The van der Waals surface area contributed by atoms with Crippen LogP contribution in [0.5, 0.6) is 0 Å². The highest BCUT2D eigenvalue weighted by molar-refractivity contribution is 7.07. The number of thiazole rings is 1. The van der Waals surface area contributed by atoms with Gasteiger partial charge in [0, 0.05) is 37.3 Å². The molecule has 6 heteroatoms. The second-order valence-corrected chi connectivity index (χ2v) is 6.74. The highest BCUT2D eigenvalue weighted by Crippen LogP contribution is 2.29. The summed E-state index contributed by atoms with van der Waals surface area (Å²) in [6.07, 6.45) is 2.09. The molecule has 0 aliphatic carbocycles. The zero-order chi connectivity index (χ0) is 16.6. The van der Waals surface area contributed by atoms with Crippen LogP contribution < -0.4 is 9.70 Å². The summed E-state index contributed by atoms with van der Waals surface area (Å²) >= 11 is 1.42. The molecule has 1 aliphatic rings. The fourth-order valence-corrected chi connectivity index (χ4v) is 3.49. The van der Waals surface area contributed by atoms with Gasteiger partial charge in [0.05, 0.1) is 5.92 Å². The van der Waals surface area contributed by atoms with Crippen LogP contribution in [0.2, 0.25) is 0 Å². The number of hydrogen-bond acceptors (Lipinski definition) is 3. The smallest absolute Gasteiger partial charge is 0.253 e. The summed E-state index contributed by atoms with van der Waals surface area (Å²) in [5.41, 5.74) is 3.11. The van der Waals surface area contributed by atoms with Crippen molar-refractivity contribution < 1.29 is 9.59 Å². The number of anilines is 1. The SMILES string of the molecule is Cc1cccc(N2CC(C(=O)N=c3sccn3C)CC2=O)c1C. The Morgan fingerprint density at radius 3 is 2.83 bits per heavy atom. The van der Waals surface area contributed by atoms with Crippen LogP contribution in [-0.2, 0) is 16.6 Å². The van der Waals surface area contributed by atoms with E-state index >= 15 is 0 Å². The van der Waals surface area contributed by atoms with Gasteiger partial charge in [-0.3, -0.25) is 9.59 Å². The second kappa shape index (κ2) is 6.12. The monoisotopic (exact) mass is 329 g/mol. The van der Waals surface area contributed by atoms with Crippen molar-refractivity contribution in [2.24, 2.45) is 18.0 Å². The third-order valence-electron chi connectivity index (χ3n) is 4.31. The standard InChI is InChI=1S/C17H19N3O2S/c1-11-5-4-6-14(12(11)2)20-10-13(9-15(20)21)16(22)18-17-19(3)7-8-23-17/h4-8,13H,9-10H2,1-3H3. The van der Waals surface area contributed by atoms with E-state index < -0.39 is 0 Å². The number of aromatic nitrogens is 1. The van der Waals surface area contributed by atoms with E-state index in [1.807, 2.05) is 55.2 Å². The van der Waals surface area contributed by atoms with Crippen LogP contribution in [0, 0.1) is 19.8 Å². The molecule has 0 radical (unpaired) electrons. The zero-order valence-electron chi connectivity index (χ0n) is 13.4. The van der Waals surface area contributed by atoms with Crippen molar-refractivity contribution in [3.05, 3.63) is 45.7 Å². The van der Waals surface area contributed by atoms with Crippen LogP contribution in [0.4, 0.5) is 5.69 Å². The van der Waals surface area contributed by atoms with E-state index in [4.69, 9.17) is 0 Å². The van der Waals surface area contributed by atoms with Crippen LogP contribution in [0.15, 0.2) is 34.8 Å². The predicted molar refractivity (Wildman–Crippen MR) is 90.2 cm³/mol. The van der Waals surface area contributed by atoms with Gasteiger partial charge >= 0.3 is 0 Å². The number of hydrogen-bond donors (Lipinski definition) is 0. The molecule has 1 unspecified atom stereocenters. The lowest BCUT2D eigenvalue weighted by atomic mass is 10.1. The van der Waals surface area contributed by atoms with Gasteiger partial charge in [-0.05, 0) is 31.0 Å². The summed E-state index contributed by atoms with van der Waals surface area (Å²) in [5.74, 6) is -0.600. The molecule has 0 spiro atoms. The Labute approximate surface area is 138 Å². The van der Waals surface area contributed by atoms with Gasteiger partial charge < -0.3 is 9.47 Å². The third-order valence-corrected chi connectivity index (χ3v) is 5.15. The topological polar surface area (TPSA) is 54.7 Å². The first-order valence-electron chi connectivity index (χ1n) is 7.52. The van der Waals surface area contributed by atoms with Gasteiger partial charge in [0.2, 0.25) is 5.91 Å². The van der Waals surface area contributed by atoms with Gasteiger partial charge in [-0.1, -0.05) is 12.1 Å². The average molecular weight is 329 g/mol. The van der Waals surface area contributed by atoms with Crippen molar-refractivity contribution >= 4 is 28.8 Å². The summed E-state index contributed by atoms with van der Waals surface area (Å²) in [6, 6.07) is 5.90. The van der Waals surface area contributed by atoms with E-state index in [2.05, 4.69) is 4.99 Å². The van der Waals surface area contributed by atoms with E-state index in [-0.39, 0.29) is 24.2 Å². The van der Waals surface area contributed by atoms with E-state index in [0.29, 0.717) is 11.3 Å². The summed E-state index contributed by atoms with van der Waals surface area (Å²) < 4.78 is 1.81. The molecule has 0 N–H and O–H groups in total. The minimum absolute atomic E-state index is 0.0113. The first-order chi connectivity index (χ1) is 11.0. The number of rotatable bonds is 2. The fourth-order valence-electron chi connectivity index (χ4n) is 2.75. The minimum Gasteiger partial charge on any atom is -0.327 e. The van der Waals surface area contributed by atoms with Crippen molar-refractivity contribution in [1.82, 2.24) is 4.57 Å². The molecule has 23 heavy (non-hydrogen) atoms. The first kappa shape index (κ1) is 15.7. The Balaban J connectivity index is 1.84. The summed E-state index contributed by atoms with van der Waals surface area (Å²) in [6.45, 7) is 4.43. The summed E-state index contributed by atoms with van der Waals surface area (Å²) in [5, 5.41) is 1.88. The molecule has 0 bridgehead atoms. The average Bonchev–Trinajstić information content (AvgIpc) is 3.09. The Kier molecular flexibility index (Phi) is 4.17. The van der Waals surface area contributed by atoms with Crippen LogP contribution >= 0.6 is 11.3 Å². The van der Waals surface area contributed by atoms with Crippen LogP contribution in [0.1, 0.15) is 17.5 Å². The molecule has 2 heterocycles. The predicted octanol–water partition coefficient (Wildman–Crippen LogP) is 2.18. The van der Waals surface area contributed by atoms with Crippen molar-refractivity contribution in [3.63, 3.8) is 0 Å². The van der Waals surface area contributed by atoms with Gasteiger partial charge in [-0.25, -0.2) is 0 Å². The van der Waals surface area contributed by atoms with E-state index in [1.165, 1.54) is 11.3 Å². The van der Waals surface area contributed by atoms with Crippen molar-refractivity contribution in [1.29, 1.82) is 0 Å². The number of carbonyl (C=O) groups is 2. The Bertz CT molecular complexity index is 834. The Morgan fingerprint density at radius 1 is 1.35 bits per heavy atom. The Morgan fingerprint density at radius 2 is 2.13 bits per heavy atom. The van der Waals surface area contributed by atoms with Gasteiger partial charge in [0.15, 0.2) is 4.80 Å². The van der Waals surface area contributed by atoms with Gasteiger partial charge in [-0.15, -0.1) is 11.3 Å². The molecular weight excluding hydrogens is 310 g/mol. The molecule has 0 saturated carbocycles. The number of nitrogens with zero attached hydrogens (tertiary/aromatic N) is 3. The molecule has 1 aromatic heterocycles. The van der Waals surface area contributed by atoms with E-state index in [1.54, 1.807) is 4.90 Å². The molecule has 1 fully saturated rings. The maximum atomic E-state index is 12.4. The molecule has 2 amide bonds. The van der Waals surface area contributed by atoms with Crippen molar-refractivity contribution in [2.75, 3.05) is 11.4 Å². The molecule has 1 saturated heterocycles. The van der Waals surface area contributed by atoms with Gasteiger partial charge in [-0.2, -0.15) is 4.99 Å². The molecule has 2 aromatic rings. The van der Waals surface area contributed by atoms with Crippen molar-refractivity contribution in [3.8, 4) is 0 Å². The maximum absolute atomic E-state index is 12.4. The first-order valence-corrected chi connectivity index (χ1v) is 8.40. The van der Waals surface area contributed by atoms with Crippen LogP contribution in [-0.4, -0.2) is 22.9 Å². The lowest BCUT2D eigenvalue weighted by Gasteiger charge is -2.19. The number of benzene rings is 1. The summed E-state index contributed by atoms with van der Waals surface area (Å²) in [4.78, 5) is 31.3. The highest BCUT2D eigenvalue weighted by Gasteiger charge is 2.35.